The van der Waals surface area contributed by atoms with Gasteiger partial charge in [0.1, 0.15) is 11.6 Å². The number of hydrogen-bond acceptors (Lipinski definition) is 1. The highest BCUT2D eigenvalue weighted by Crippen LogP contribution is 2.39. The van der Waals surface area contributed by atoms with Gasteiger partial charge in [0, 0.05) is 16.1 Å². The molecule has 0 fully saturated rings. The number of phenols is 1. The van der Waals surface area contributed by atoms with Crippen LogP contribution in [0, 0.1) is 5.82 Å². The molecule has 0 atom stereocenters. The van der Waals surface area contributed by atoms with Gasteiger partial charge in [0.25, 0.3) is 0 Å². The van der Waals surface area contributed by atoms with E-state index in [2.05, 4.69) is 0 Å². The molecule has 0 spiro atoms. The topological polar surface area (TPSA) is 20.2 Å². The summed E-state index contributed by atoms with van der Waals surface area (Å²) in [6.45, 7) is 1.82. The predicted molar refractivity (Wildman–Crippen MR) is 78.2 cm³/mol. The Hall–Kier alpha value is -1.51. The molecule has 19 heavy (non-hydrogen) atoms. The molecule has 0 saturated heterocycles. The maximum Gasteiger partial charge on any atom is 0.134 e. The maximum absolute atomic E-state index is 14.0. The number of rotatable bonds is 2. The van der Waals surface area contributed by atoms with Crippen LogP contribution < -0.4 is 0 Å². The minimum absolute atomic E-state index is 0.0808. The van der Waals surface area contributed by atoms with Crippen molar-refractivity contribution >= 4 is 29.3 Å². The van der Waals surface area contributed by atoms with Crippen molar-refractivity contribution in [2.24, 2.45) is 0 Å². The van der Waals surface area contributed by atoms with Gasteiger partial charge in [-0.05, 0) is 31.2 Å². The molecule has 98 valence electrons. The van der Waals surface area contributed by atoms with Crippen molar-refractivity contribution in [3.05, 3.63) is 57.8 Å². The molecule has 4 heteroatoms. The Kier molecular flexibility index (Phi) is 4.13. The minimum Gasteiger partial charge on any atom is -0.507 e. The zero-order valence-electron chi connectivity index (χ0n) is 10.1. The number of halogens is 3. The molecule has 2 aromatic carbocycles. The van der Waals surface area contributed by atoms with Gasteiger partial charge in [0.15, 0.2) is 0 Å². The fraction of sp³-hybridized carbons (Fsp3) is 0.0667. The number of aromatic hydroxyl groups is 1. The van der Waals surface area contributed by atoms with Crippen LogP contribution in [-0.2, 0) is 0 Å². The van der Waals surface area contributed by atoms with E-state index in [1.165, 1.54) is 18.2 Å². The molecule has 0 bridgehead atoms. The van der Waals surface area contributed by atoms with Gasteiger partial charge in [0.2, 0.25) is 0 Å². The molecule has 2 aromatic rings. The van der Waals surface area contributed by atoms with E-state index in [1.807, 2.05) is 6.92 Å². The molecule has 0 heterocycles. The van der Waals surface area contributed by atoms with Crippen LogP contribution in [0.5, 0.6) is 5.75 Å². The second-order valence-electron chi connectivity index (χ2n) is 3.98. The van der Waals surface area contributed by atoms with Crippen LogP contribution in [0.3, 0.4) is 0 Å². The number of benzene rings is 2. The van der Waals surface area contributed by atoms with E-state index < -0.39 is 5.82 Å². The standard InChI is InChI=1S/C15H11Cl2FO/c1-2-3-9-4-7-13(18)14(15(9)19)11-6-5-10(16)8-12(11)17/h2-8,19H,1H3. The molecular formula is C15H11Cl2FO. The molecule has 0 radical (unpaired) electrons. The molecule has 0 aliphatic rings. The van der Waals surface area contributed by atoms with Crippen molar-refractivity contribution in [3.8, 4) is 16.9 Å². The number of allylic oxidation sites excluding steroid dienone is 1. The van der Waals surface area contributed by atoms with E-state index >= 15 is 0 Å². The number of phenolic OH excluding ortho intramolecular Hbond substituents is 1. The lowest BCUT2D eigenvalue weighted by molar-refractivity contribution is 0.470. The quantitative estimate of drug-likeness (QED) is 0.771. The van der Waals surface area contributed by atoms with Gasteiger partial charge < -0.3 is 5.11 Å². The van der Waals surface area contributed by atoms with Gasteiger partial charge in [-0.2, -0.15) is 0 Å². The van der Waals surface area contributed by atoms with Crippen LogP contribution in [0.25, 0.3) is 17.2 Å². The Morgan fingerprint density at radius 2 is 1.89 bits per heavy atom. The van der Waals surface area contributed by atoms with Crippen molar-refractivity contribution < 1.29 is 9.50 Å². The Morgan fingerprint density at radius 1 is 1.16 bits per heavy atom. The highest BCUT2D eigenvalue weighted by molar-refractivity contribution is 6.36. The van der Waals surface area contributed by atoms with Gasteiger partial charge in [-0.25, -0.2) is 4.39 Å². The van der Waals surface area contributed by atoms with Crippen molar-refractivity contribution in [2.45, 2.75) is 6.92 Å². The third-order valence-corrected chi connectivity index (χ3v) is 3.25. The summed E-state index contributed by atoms with van der Waals surface area (Å²) in [5.74, 6) is -0.669. The van der Waals surface area contributed by atoms with Crippen LogP contribution in [-0.4, -0.2) is 5.11 Å². The lowest BCUT2D eigenvalue weighted by atomic mass is 10.0. The molecule has 0 aliphatic heterocycles. The van der Waals surface area contributed by atoms with E-state index in [4.69, 9.17) is 23.2 Å². The average Bonchev–Trinajstić information content (AvgIpc) is 2.35. The summed E-state index contributed by atoms with van der Waals surface area (Å²) in [5, 5.41) is 10.9. The first kappa shape index (κ1) is 13.9. The third kappa shape index (κ3) is 2.75. The van der Waals surface area contributed by atoms with Gasteiger partial charge in [-0.3, -0.25) is 0 Å². The Labute approximate surface area is 120 Å². The monoisotopic (exact) mass is 296 g/mol. The van der Waals surface area contributed by atoms with Crippen LogP contribution in [0.15, 0.2) is 36.4 Å². The Balaban J connectivity index is 2.70. The predicted octanol–water partition coefficient (Wildman–Crippen LogP) is 5.54. The molecule has 0 aliphatic carbocycles. The second-order valence-corrected chi connectivity index (χ2v) is 4.83. The zero-order valence-corrected chi connectivity index (χ0v) is 11.6. The summed E-state index contributed by atoms with van der Waals surface area (Å²) in [5.41, 5.74) is 1.02. The highest BCUT2D eigenvalue weighted by atomic mass is 35.5. The summed E-state index contributed by atoms with van der Waals surface area (Å²) in [7, 11) is 0. The number of hydrogen-bond donors (Lipinski definition) is 1. The molecule has 2 rings (SSSR count). The van der Waals surface area contributed by atoms with E-state index in [1.54, 1.807) is 24.3 Å². The first-order chi connectivity index (χ1) is 9.04. The lowest BCUT2D eigenvalue weighted by Crippen LogP contribution is -1.89. The largest absolute Gasteiger partial charge is 0.507 e. The molecule has 1 N–H and O–H groups in total. The summed E-state index contributed by atoms with van der Waals surface area (Å²) in [4.78, 5) is 0. The summed E-state index contributed by atoms with van der Waals surface area (Å²) >= 11 is 11.9. The van der Waals surface area contributed by atoms with Gasteiger partial charge in [-0.15, -0.1) is 0 Å². The van der Waals surface area contributed by atoms with Crippen LogP contribution >= 0.6 is 23.2 Å². The van der Waals surface area contributed by atoms with E-state index in [0.29, 0.717) is 21.2 Å². The van der Waals surface area contributed by atoms with Crippen LogP contribution in [0.2, 0.25) is 10.0 Å². The molecule has 0 aromatic heterocycles. The van der Waals surface area contributed by atoms with E-state index in [0.717, 1.165) is 0 Å². The SMILES string of the molecule is CC=Cc1ccc(F)c(-c2ccc(Cl)cc2Cl)c1O. The Morgan fingerprint density at radius 3 is 2.53 bits per heavy atom. The van der Waals surface area contributed by atoms with Crippen LogP contribution in [0.1, 0.15) is 12.5 Å². The zero-order chi connectivity index (χ0) is 14.0. The average molecular weight is 297 g/mol. The van der Waals surface area contributed by atoms with Crippen molar-refractivity contribution in [1.29, 1.82) is 0 Å². The normalized spacial score (nSPS) is 11.2. The first-order valence-electron chi connectivity index (χ1n) is 5.64. The highest BCUT2D eigenvalue weighted by Gasteiger charge is 2.16. The van der Waals surface area contributed by atoms with Gasteiger partial charge in [0.05, 0.1) is 10.6 Å². The smallest absolute Gasteiger partial charge is 0.134 e. The van der Waals surface area contributed by atoms with E-state index in [-0.39, 0.29) is 11.3 Å². The molecule has 0 unspecified atom stereocenters. The minimum atomic E-state index is -0.532. The molecule has 1 nitrogen and oxygen atoms in total. The maximum atomic E-state index is 14.0. The molecule has 0 amide bonds. The van der Waals surface area contributed by atoms with Crippen molar-refractivity contribution in [1.82, 2.24) is 0 Å². The van der Waals surface area contributed by atoms with Crippen molar-refractivity contribution in [3.63, 3.8) is 0 Å². The van der Waals surface area contributed by atoms with Crippen molar-refractivity contribution in [2.75, 3.05) is 0 Å². The summed E-state index contributed by atoms with van der Waals surface area (Å²) < 4.78 is 14.0. The molecule has 0 saturated carbocycles. The summed E-state index contributed by atoms with van der Waals surface area (Å²) in [6.07, 6.45) is 3.46. The Bertz CT molecular complexity index is 651. The third-order valence-electron chi connectivity index (χ3n) is 2.70. The van der Waals surface area contributed by atoms with E-state index in [9.17, 15) is 9.50 Å². The lowest BCUT2D eigenvalue weighted by Gasteiger charge is -2.11. The second kappa shape index (κ2) is 5.64. The van der Waals surface area contributed by atoms with Gasteiger partial charge in [-0.1, -0.05) is 41.4 Å². The summed E-state index contributed by atoms with van der Waals surface area (Å²) in [6, 6.07) is 7.51. The fourth-order valence-electron chi connectivity index (χ4n) is 1.85. The fourth-order valence-corrected chi connectivity index (χ4v) is 2.35. The van der Waals surface area contributed by atoms with Gasteiger partial charge >= 0.3 is 0 Å². The van der Waals surface area contributed by atoms with Crippen LogP contribution in [0.4, 0.5) is 4.39 Å². The molecular weight excluding hydrogens is 286 g/mol. The first-order valence-corrected chi connectivity index (χ1v) is 6.39.